The molecule has 12 heteroatoms. The normalized spacial score (nSPS) is 11.8. The van der Waals surface area contributed by atoms with Crippen molar-refractivity contribution in [2.45, 2.75) is 12.1 Å². The average Bonchev–Trinajstić information content (AvgIpc) is 3.02. The summed E-state index contributed by atoms with van der Waals surface area (Å²) in [7, 11) is 0. The minimum Gasteiger partial charge on any atom is -0.344 e. The van der Waals surface area contributed by atoms with E-state index in [2.05, 4.69) is 10.3 Å². The Bertz CT molecular complexity index is 734. The molecule has 0 bridgehead atoms. The summed E-state index contributed by atoms with van der Waals surface area (Å²) in [5.74, 6) is -4.30. The van der Waals surface area contributed by atoms with Gasteiger partial charge in [-0.15, -0.1) is 17.5 Å². The number of nitrogens with one attached hydrogen (secondary N) is 1. The zero-order valence-electron chi connectivity index (χ0n) is 12.4. The molecule has 2 rings (SSSR count). The van der Waals surface area contributed by atoms with Crippen LogP contribution in [0.15, 0.2) is 30.5 Å². The van der Waals surface area contributed by atoms with Gasteiger partial charge in [-0.3, -0.25) is 4.79 Å². The Hall–Kier alpha value is -2.27. The van der Waals surface area contributed by atoms with Crippen molar-refractivity contribution in [1.29, 1.82) is 0 Å². The van der Waals surface area contributed by atoms with Gasteiger partial charge in [-0.05, 0) is 12.1 Å². The molecule has 0 aliphatic rings. The number of nitrogens with zero attached hydrogens (tertiary/aromatic N) is 3. The Morgan fingerprint density at radius 2 is 1.84 bits per heavy atom. The number of amides is 1. The van der Waals surface area contributed by atoms with Crippen LogP contribution in [0.3, 0.4) is 0 Å². The van der Waals surface area contributed by atoms with E-state index in [0.29, 0.717) is 0 Å². The summed E-state index contributed by atoms with van der Waals surface area (Å²) in [6, 6.07) is 4.54. The van der Waals surface area contributed by atoms with Crippen LogP contribution in [0.25, 0.3) is 5.69 Å². The van der Waals surface area contributed by atoms with Crippen LogP contribution in [0.5, 0.6) is 0 Å². The molecule has 1 amide bonds. The van der Waals surface area contributed by atoms with E-state index in [1.54, 1.807) is 0 Å². The number of rotatable bonds is 5. The molecule has 6 nitrogen and oxygen atoms in total. The first-order chi connectivity index (χ1) is 11.1. The molecule has 0 radical (unpaired) electrons. The Balaban J connectivity index is 0.00000312. The van der Waals surface area contributed by atoms with Crippen molar-refractivity contribution in [3.8, 4) is 5.69 Å². The van der Waals surface area contributed by atoms with Crippen LogP contribution in [-0.2, 0) is 6.18 Å². The molecular weight excluding hydrogens is 373 g/mol. The smallest absolute Gasteiger partial charge is 0.344 e. The fourth-order valence-corrected chi connectivity index (χ4v) is 1.77. The van der Waals surface area contributed by atoms with Crippen LogP contribution < -0.4 is 11.1 Å². The number of aromatic nitrogens is 3. The molecule has 25 heavy (non-hydrogen) atoms. The van der Waals surface area contributed by atoms with E-state index < -0.39 is 42.4 Å². The summed E-state index contributed by atoms with van der Waals surface area (Å²) in [4.78, 5) is 11.7. The molecule has 0 aliphatic heterocycles. The SMILES string of the molecule is Cl.NCC(F)(F)CNC(=O)c1cn(-c2ccccc2C(F)(F)F)nn1. The van der Waals surface area contributed by atoms with Gasteiger partial charge in [0, 0.05) is 0 Å². The van der Waals surface area contributed by atoms with Crippen LogP contribution in [0.4, 0.5) is 22.0 Å². The number of para-hydroxylation sites is 1. The van der Waals surface area contributed by atoms with Gasteiger partial charge in [-0.1, -0.05) is 17.3 Å². The molecule has 2 aromatic rings. The highest BCUT2D eigenvalue weighted by Gasteiger charge is 2.34. The Morgan fingerprint density at radius 3 is 2.44 bits per heavy atom. The minimum absolute atomic E-state index is 0. The molecule has 1 aromatic heterocycles. The molecule has 138 valence electrons. The van der Waals surface area contributed by atoms with E-state index in [-0.39, 0.29) is 18.1 Å². The van der Waals surface area contributed by atoms with Crippen molar-refractivity contribution >= 4 is 18.3 Å². The third kappa shape index (κ3) is 5.10. The fourth-order valence-electron chi connectivity index (χ4n) is 1.77. The van der Waals surface area contributed by atoms with Crippen molar-refractivity contribution in [2.75, 3.05) is 13.1 Å². The van der Waals surface area contributed by atoms with E-state index in [1.165, 1.54) is 12.1 Å². The molecule has 0 fully saturated rings. The number of hydrogen-bond donors (Lipinski definition) is 2. The molecule has 0 saturated heterocycles. The number of nitrogens with two attached hydrogens (primary N) is 1. The van der Waals surface area contributed by atoms with E-state index in [9.17, 15) is 26.7 Å². The van der Waals surface area contributed by atoms with Crippen molar-refractivity contribution in [2.24, 2.45) is 5.73 Å². The number of halogens is 6. The zero-order valence-corrected chi connectivity index (χ0v) is 13.2. The van der Waals surface area contributed by atoms with Crippen molar-refractivity contribution in [3.63, 3.8) is 0 Å². The first kappa shape index (κ1) is 20.8. The number of benzene rings is 1. The van der Waals surface area contributed by atoms with Crippen molar-refractivity contribution in [3.05, 3.63) is 41.7 Å². The van der Waals surface area contributed by atoms with Gasteiger partial charge in [-0.2, -0.15) is 13.2 Å². The van der Waals surface area contributed by atoms with Crippen LogP contribution in [0.1, 0.15) is 16.1 Å². The highest BCUT2D eigenvalue weighted by atomic mass is 35.5. The Morgan fingerprint density at radius 1 is 1.20 bits per heavy atom. The number of carbonyl (C=O) groups is 1. The first-order valence-corrected chi connectivity index (χ1v) is 6.59. The largest absolute Gasteiger partial charge is 0.418 e. The summed E-state index contributed by atoms with van der Waals surface area (Å²) in [6.07, 6.45) is -3.71. The molecule has 0 spiro atoms. The second kappa shape index (κ2) is 7.74. The molecule has 0 saturated carbocycles. The summed E-state index contributed by atoms with van der Waals surface area (Å²) < 4.78 is 65.6. The van der Waals surface area contributed by atoms with Gasteiger partial charge in [0.05, 0.1) is 30.5 Å². The fraction of sp³-hybridized carbons (Fsp3) is 0.308. The number of hydrogen-bond acceptors (Lipinski definition) is 4. The lowest BCUT2D eigenvalue weighted by atomic mass is 10.1. The van der Waals surface area contributed by atoms with Crippen molar-refractivity contribution < 1.29 is 26.7 Å². The van der Waals surface area contributed by atoms with Gasteiger partial charge >= 0.3 is 6.18 Å². The molecule has 0 aliphatic carbocycles. The van der Waals surface area contributed by atoms with Crippen LogP contribution >= 0.6 is 12.4 Å². The van der Waals surface area contributed by atoms with Gasteiger partial charge < -0.3 is 11.1 Å². The van der Waals surface area contributed by atoms with E-state index >= 15 is 0 Å². The highest BCUT2D eigenvalue weighted by molar-refractivity contribution is 5.91. The first-order valence-electron chi connectivity index (χ1n) is 6.59. The van der Waals surface area contributed by atoms with Gasteiger partial charge in [0.2, 0.25) is 0 Å². The second-order valence-corrected chi connectivity index (χ2v) is 4.81. The Labute approximate surface area is 144 Å². The lowest BCUT2D eigenvalue weighted by molar-refractivity contribution is -0.137. The quantitative estimate of drug-likeness (QED) is 0.771. The maximum Gasteiger partial charge on any atom is 0.418 e. The lowest BCUT2D eigenvalue weighted by Gasteiger charge is -2.13. The predicted molar refractivity (Wildman–Crippen MR) is 79.9 cm³/mol. The molecule has 0 atom stereocenters. The van der Waals surface area contributed by atoms with Gasteiger partial charge in [0.25, 0.3) is 11.8 Å². The monoisotopic (exact) mass is 385 g/mol. The Kier molecular flexibility index (Phi) is 6.43. The van der Waals surface area contributed by atoms with E-state index in [1.807, 2.05) is 5.32 Å². The van der Waals surface area contributed by atoms with Crippen LogP contribution in [0, 0.1) is 0 Å². The molecule has 1 heterocycles. The summed E-state index contributed by atoms with van der Waals surface area (Å²) in [5.41, 5.74) is 3.11. The topological polar surface area (TPSA) is 85.8 Å². The number of carbonyl (C=O) groups excluding carboxylic acids is 1. The van der Waals surface area contributed by atoms with E-state index in [0.717, 1.165) is 23.0 Å². The molecule has 0 unspecified atom stereocenters. The summed E-state index contributed by atoms with van der Waals surface area (Å²) >= 11 is 0. The summed E-state index contributed by atoms with van der Waals surface area (Å²) in [6.45, 7) is -1.98. The highest BCUT2D eigenvalue weighted by Crippen LogP contribution is 2.33. The summed E-state index contributed by atoms with van der Waals surface area (Å²) in [5, 5.41) is 8.73. The predicted octanol–water partition coefficient (Wildman–Crippen LogP) is 2.03. The van der Waals surface area contributed by atoms with Gasteiger partial charge in [-0.25, -0.2) is 13.5 Å². The average molecular weight is 386 g/mol. The van der Waals surface area contributed by atoms with Crippen LogP contribution in [-0.4, -0.2) is 39.9 Å². The number of alkyl halides is 5. The molecular formula is C13H13ClF5N5O. The second-order valence-electron chi connectivity index (χ2n) is 4.81. The van der Waals surface area contributed by atoms with Crippen molar-refractivity contribution in [1.82, 2.24) is 20.3 Å². The molecule has 1 aromatic carbocycles. The third-order valence-electron chi connectivity index (χ3n) is 2.99. The zero-order chi connectivity index (χ0) is 18.0. The minimum atomic E-state index is -4.63. The lowest BCUT2D eigenvalue weighted by Crippen LogP contribution is -2.41. The molecule has 3 N–H and O–H groups in total. The maximum atomic E-state index is 13.0. The standard InChI is InChI=1S/C13H12F5N5O.ClH/c14-12(15,6-19)7-20-11(24)9-5-23(22-21-9)10-4-2-1-3-8(10)13(16,17)18;/h1-5H,6-7,19H2,(H,20,24);1H. The third-order valence-corrected chi connectivity index (χ3v) is 2.99. The van der Waals surface area contributed by atoms with Gasteiger partial charge in [0.1, 0.15) is 0 Å². The van der Waals surface area contributed by atoms with Crippen LogP contribution in [0.2, 0.25) is 0 Å². The van der Waals surface area contributed by atoms with E-state index in [4.69, 9.17) is 5.73 Å². The van der Waals surface area contributed by atoms with Gasteiger partial charge in [0.15, 0.2) is 5.69 Å². The maximum absolute atomic E-state index is 13.0.